The molecule has 0 radical (unpaired) electrons. The Morgan fingerprint density at radius 1 is 0.545 bits per heavy atom. The zero-order valence-corrected chi connectivity index (χ0v) is 16.5. The number of rotatable bonds is 4. The molecule has 0 spiro atoms. The average Bonchev–Trinajstić information content (AvgIpc) is 3.09. The molecule has 4 nitrogen and oxygen atoms in total. The molecule has 124 valence electrons. The van der Waals surface area contributed by atoms with Crippen molar-refractivity contribution in [1.82, 2.24) is 18.7 Å². The van der Waals surface area contributed by atoms with E-state index in [0.29, 0.717) is 23.7 Å². The van der Waals surface area contributed by atoms with Crippen molar-refractivity contribution in [3.8, 4) is 0 Å². The first kappa shape index (κ1) is 19.2. The fourth-order valence-electron chi connectivity index (χ4n) is 1.43. The van der Waals surface area contributed by atoms with Gasteiger partial charge in [-0.2, -0.15) is 8.75 Å². The number of nitrogens with zero attached hydrogens (tertiary/aromatic N) is 4. The van der Waals surface area contributed by atoms with Crippen LogP contribution in [-0.2, 0) is 0 Å². The van der Waals surface area contributed by atoms with Gasteiger partial charge in [0.25, 0.3) is 0 Å². The van der Waals surface area contributed by atoms with Crippen molar-refractivity contribution >= 4 is 23.1 Å². The Balaban J connectivity index is 0.000000220. The average molecular weight is 341 g/mol. The summed E-state index contributed by atoms with van der Waals surface area (Å²) in [5.74, 6) is 3.91. The highest BCUT2D eigenvalue weighted by molar-refractivity contribution is 7.05. The van der Waals surface area contributed by atoms with Crippen LogP contribution >= 0.6 is 23.1 Å². The Bertz CT molecular complexity index is 461. The van der Waals surface area contributed by atoms with E-state index in [0.717, 1.165) is 21.7 Å². The minimum Gasteiger partial charge on any atom is -0.224 e. The summed E-state index contributed by atoms with van der Waals surface area (Å²) < 4.78 is 8.54. The topological polar surface area (TPSA) is 51.6 Å². The van der Waals surface area contributed by atoms with Crippen molar-refractivity contribution in [2.75, 3.05) is 0 Å². The lowest BCUT2D eigenvalue weighted by molar-refractivity contribution is 0.771. The Morgan fingerprint density at radius 3 is 1.00 bits per heavy atom. The molecule has 2 aromatic rings. The molecule has 22 heavy (non-hydrogen) atoms. The third kappa shape index (κ3) is 5.72. The number of hydrogen-bond acceptors (Lipinski definition) is 6. The Kier molecular flexibility index (Phi) is 7.56. The summed E-state index contributed by atoms with van der Waals surface area (Å²) >= 11 is 3.05. The van der Waals surface area contributed by atoms with Gasteiger partial charge in [0.15, 0.2) is 0 Å². The van der Waals surface area contributed by atoms with E-state index >= 15 is 0 Å². The molecule has 0 aromatic carbocycles. The van der Waals surface area contributed by atoms with E-state index in [4.69, 9.17) is 0 Å². The fourth-order valence-corrected chi connectivity index (χ4v) is 3.00. The maximum Gasteiger partial charge on any atom is 0.145 e. The molecule has 0 aliphatic heterocycles. The maximum absolute atomic E-state index is 4.42. The van der Waals surface area contributed by atoms with Crippen LogP contribution in [0.4, 0.5) is 0 Å². The molecule has 6 heteroatoms. The zero-order chi connectivity index (χ0) is 16.9. The highest BCUT2D eigenvalue weighted by atomic mass is 32.1. The molecule has 0 saturated carbocycles. The number of aromatic nitrogens is 4. The van der Waals surface area contributed by atoms with Gasteiger partial charge in [0.2, 0.25) is 0 Å². The van der Waals surface area contributed by atoms with Gasteiger partial charge in [-0.1, -0.05) is 55.4 Å². The molecule has 0 saturated heterocycles. The van der Waals surface area contributed by atoms with Crippen LogP contribution in [0, 0.1) is 0 Å². The Hall–Kier alpha value is -0.880. The third-order valence-electron chi connectivity index (χ3n) is 2.94. The quantitative estimate of drug-likeness (QED) is 0.730. The minimum atomic E-state index is 0.457. The van der Waals surface area contributed by atoms with E-state index in [9.17, 15) is 0 Å². The molecular weight excluding hydrogens is 312 g/mol. The van der Waals surface area contributed by atoms with Crippen LogP contribution in [0.3, 0.4) is 0 Å². The normalized spacial score (nSPS) is 11.5. The van der Waals surface area contributed by atoms with E-state index in [1.807, 2.05) is 0 Å². The van der Waals surface area contributed by atoms with Crippen LogP contribution in [0.15, 0.2) is 0 Å². The van der Waals surface area contributed by atoms with Gasteiger partial charge < -0.3 is 0 Å². The molecule has 0 atom stereocenters. The van der Waals surface area contributed by atoms with Gasteiger partial charge in [-0.15, -0.1) is 0 Å². The third-order valence-corrected chi connectivity index (χ3v) is 4.99. The second-order valence-electron chi connectivity index (χ2n) is 6.60. The highest BCUT2D eigenvalue weighted by Gasteiger charge is 2.10. The predicted molar refractivity (Wildman–Crippen MR) is 96.2 cm³/mol. The molecule has 0 aliphatic carbocycles. The van der Waals surface area contributed by atoms with Crippen LogP contribution in [0.25, 0.3) is 0 Å². The zero-order valence-electron chi connectivity index (χ0n) is 14.9. The molecular formula is C16H28N4S2. The van der Waals surface area contributed by atoms with Gasteiger partial charge in [-0.25, -0.2) is 9.97 Å². The van der Waals surface area contributed by atoms with Crippen LogP contribution in [0.1, 0.15) is 101 Å². The second kappa shape index (κ2) is 8.67. The minimum absolute atomic E-state index is 0.457. The molecule has 2 aromatic heterocycles. The predicted octanol–water partition coefficient (Wildman–Crippen LogP) is 5.57. The highest BCUT2D eigenvalue weighted by Crippen LogP contribution is 2.20. The van der Waals surface area contributed by atoms with Gasteiger partial charge in [0.05, 0.1) is 0 Å². The van der Waals surface area contributed by atoms with Crippen molar-refractivity contribution in [2.24, 2.45) is 0 Å². The lowest BCUT2D eigenvalue weighted by Gasteiger charge is -1.96. The van der Waals surface area contributed by atoms with Crippen molar-refractivity contribution in [2.45, 2.75) is 79.1 Å². The number of hydrogen-bond donors (Lipinski definition) is 0. The first-order valence-electron chi connectivity index (χ1n) is 7.89. The van der Waals surface area contributed by atoms with Gasteiger partial charge >= 0.3 is 0 Å². The summed E-state index contributed by atoms with van der Waals surface area (Å²) in [4.78, 5) is 8.83. The summed E-state index contributed by atoms with van der Waals surface area (Å²) in [6, 6.07) is 0. The standard InChI is InChI=1S/2C8H14N2S/c2*1-5(2)7-9-8(6(3)4)11-10-7/h2*5-6H,1-4H3. The molecule has 0 bridgehead atoms. The molecule has 0 unspecified atom stereocenters. The monoisotopic (exact) mass is 340 g/mol. The van der Waals surface area contributed by atoms with Crippen molar-refractivity contribution in [1.29, 1.82) is 0 Å². The van der Waals surface area contributed by atoms with Crippen LogP contribution in [-0.4, -0.2) is 18.7 Å². The Labute approximate surface area is 142 Å². The second-order valence-corrected chi connectivity index (χ2v) is 8.17. The van der Waals surface area contributed by atoms with Gasteiger partial charge in [-0.05, 0) is 23.1 Å². The Morgan fingerprint density at radius 2 is 0.864 bits per heavy atom. The van der Waals surface area contributed by atoms with Crippen LogP contribution < -0.4 is 0 Å². The van der Waals surface area contributed by atoms with Crippen LogP contribution in [0.5, 0.6) is 0 Å². The first-order valence-corrected chi connectivity index (χ1v) is 9.44. The van der Waals surface area contributed by atoms with E-state index < -0.39 is 0 Å². The van der Waals surface area contributed by atoms with Gasteiger partial charge in [0.1, 0.15) is 21.7 Å². The largest absolute Gasteiger partial charge is 0.224 e. The van der Waals surface area contributed by atoms with Crippen molar-refractivity contribution < 1.29 is 0 Å². The summed E-state index contributed by atoms with van der Waals surface area (Å²) in [5.41, 5.74) is 0. The SMILES string of the molecule is CC(C)c1nsc(C(C)C)n1.CC(C)c1nsc(C(C)C)n1. The summed E-state index contributed by atoms with van der Waals surface area (Å²) in [5, 5.41) is 2.29. The molecule has 2 heterocycles. The smallest absolute Gasteiger partial charge is 0.145 e. The summed E-state index contributed by atoms with van der Waals surface area (Å²) in [6.07, 6.45) is 0. The summed E-state index contributed by atoms with van der Waals surface area (Å²) in [6.45, 7) is 17.0. The van der Waals surface area contributed by atoms with Crippen molar-refractivity contribution in [3.05, 3.63) is 21.7 Å². The van der Waals surface area contributed by atoms with Gasteiger partial charge in [-0.3, -0.25) is 0 Å². The molecule has 0 aliphatic rings. The van der Waals surface area contributed by atoms with Crippen LogP contribution in [0.2, 0.25) is 0 Å². The molecule has 0 amide bonds. The lowest BCUT2D eigenvalue weighted by Crippen LogP contribution is -1.91. The van der Waals surface area contributed by atoms with E-state index in [-0.39, 0.29) is 0 Å². The lowest BCUT2D eigenvalue weighted by atomic mass is 10.2. The summed E-state index contributed by atoms with van der Waals surface area (Å²) in [7, 11) is 0. The first-order chi connectivity index (χ1) is 10.2. The van der Waals surface area contributed by atoms with E-state index in [2.05, 4.69) is 74.1 Å². The van der Waals surface area contributed by atoms with Crippen molar-refractivity contribution in [3.63, 3.8) is 0 Å². The van der Waals surface area contributed by atoms with Gasteiger partial charge in [0, 0.05) is 23.7 Å². The fraction of sp³-hybridized carbons (Fsp3) is 0.750. The molecule has 2 rings (SSSR count). The van der Waals surface area contributed by atoms with E-state index in [1.54, 1.807) is 0 Å². The maximum atomic E-state index is 4.42. The molecule has 0 N–H and O–H groups in total. The van der Waals surface area contributed by atoms with E-state index in [1.165, 1.54) is 23.1 Å². The molecule has 0 fully saturated rings.